The van der Waals surface area contributed by atoms with Gasteiger partial charge >= 0.3 is 0 Å². The van der Waals surface area contributed by atoms with Crippen LogP contribution >= 0.6 is 0 Å². The Kier molecular flexibility index (Phi) is 5.04. The Hall–Kier alpha value is -0.650. The molecular weight excluding hydrogens is 254 g/mol. The highest BCUT2D eigenvalue weighted by Gasteiger charge is 2.52. The van der Waals surface area contributed by atoms with Crippen molar-refractivity contribution in [1.29, 1.82) is 0 Å². The van der Waals surface area contributed by atoms with E-state index in [4.69, 9.17) is 10.5 Å². The number of nitrogens with one attached hydrogen (secondary N) is 1. The lowest BCUT2D eigenvalue weighted by molar-refractivity contribution is -0.126. The maximum absolute atomic E-state index is 12.2. The highest BCUT2D eigenvalue weighted by Crippen LogP contribution is 2.42. The predicted octanol–water partition coefficient (Wildman–Crippen LogP) is 0.729. The number of nitrogens with zero attached hydrogens (tertiary/aromatic N) is 1. The zero-order chi connectivity index (χ0) is 14.8. The fourth-order valence-electron chi connectivity index (χ4n) is 3.06. The van der Waals surface area contributed by atoms with E-state index in [0.29, 0.717) is 31.2 Å². The van der Waals surface area contributed by atoms with Crippen LogP contribution in [0.15, 0.2) is 0 Å². The van der Waals surface area contributed by atoms with Crippen LogP contribution in [0.2, 0.25) is 0 Å². The molecule has 5 nitrogen and oxygen atoms in total. The first-order valence-corrected chi connectivity index (χ1v) is 7.84. The third-order valence-electron chi connectivity index (χ3n) is 4.64. The molecule has 0 bridgehead atoms. The summed E-state index contributed by atoms with van der Waals surface area (Å²) in [6.45, 7) is 6.55. The molecule has 2 unspecified atom stereocenters. The van der Waals surface area contributed by atoms with Crippen molar-refractivity contribution >= 4 is 5.91 Å². The summed E-state index contributed by atoms with van der Waals surface area (Å²) in [5, 5.41) is 3.57. The zero-order valence-corrected chi connectivity index (χ0v) is 13.0. The first kappa shape index (κ1) is 15.7. The van der Waals surface area contributed by atoms with Crippen LogP contribution in [0, 0.1) is 5.92 Å². The van der Waals surface area contributed by atoms with Gasteiger partial charge in [-0.15, -0.1) is 0 Å². The number of nitrogens with two attached hydrogens (primary N) is 1. The summed E-state index contributed by atoms with van der Waals surface area (Å²) < 4.78 is 5.25. The Morgan fingerprint density at radius 1 is 1.45 bits per heavy atom. The number of hydrogen-bond donors (Lipinski definition) is 2. The number of primary amides is 1. The van der Waals surface area contributed by atoms with Gasteiger partial charge in [0, 0.05) is 25.7 Å². The zero-order valence-electron chi connectivity index (χ0n) is 13.0. The number of ether oxygens (including phenoxy) is 1. The van der Waals surface area contributed by atoms with E-state index in [0.717, 1.165) is 19.4 Å². The van der Waals surface area contributed by atoms with Crippen molar-refractivity contribution in [3.05, 3.63) is 0 Å². The number of methoxy groups -OCH3 is 1. The van der Waals surface area contributed by atoms with Crippen molar-refractivity contribution in [3.8, 4) is 0 Å². The molecule has 2 aliphatic carbocycles. The van der Waals surface area contributed by atoms with E-state index in [2.05, 4.69) is 24.1 Å². The van der Waals surface area contributed by atoms with Crippen molar-refractivity contribution in [2.75, 3.05) is 26.8 Å². The molecule has 2 fully saturated rings. The molecule has 0 aromatic carbocycles. The van der Waals surface area contributed by atoms with Crippen molar-refractivity contribution < 1.29 is 9.53 Å². The minimum atomic E-state index is -0.542. The van der Waals surface area contributed by atoms with Gasteiger partial charge in [0.1, 0.15) is 5.54 Å². The van der Waals surface area contributed by atoms with Gasteiger partial charge < -0.3 is 10.5 Å². The van der Waals surface area contributed by atoms with Crippen molar-refractivity contribution in [3.63, 3.8) is 0 Å². The number of rotatable bonds is 10. The topological polar surface area (TPSA) is 67.6 Å². The Morgan fingerprint density at radius 2 is 2.10 bits per heavy atom. The van der Waals surface area contributed by atoms with E-state index in [1.54, 1.807) is 7.11 Å². The smallest absolute Gasteiger partial charge is 0.239 e. The van der Waals surface area contributed by atoms with Crippen LogP contribution in [0.25, 0.3) is 0 Å². The van der Waals surface area contributed by atoms with Gasteiger partial charge in [-0.2, -0.15) is 0 Å². The molecule has 0 aromatic heterocycles. The lowest BCUT2D eigenvalue weighted by atomic mass is 9.90. The van der Waals surface area contributed by atoms with E-state index < -0.39 is 5.54 Å². The van der Waals surface area contributed by atoms with Gasteiger partial charge in [0.25, 0.3) is 0 Å². The van der Waals surface area contributed by atoms with E-state index >= 15 is 0 Å². The first-order chi connectivity index (χ1) is 9.53. The Bertz CT molecular complexity index is 342. The number of amides is 1. The van der Waals surface area contributed by atoms with Gasteiger partial charge in [-0.25, -0.2) is 0 Å². The van der Waals surface area contributed by atoms with Crippen LogP contribution in [-0.2, 0) is 9.53 Å². The van der Waals surface area contributed by atoms with Gasteiger partial charge in [0.15, 0.2) is 0 Å². The van der Waals surface area contributed by atoms with E-state index in [9.17, 15) is 4.79 Å². The summed E-state index contributed by atoms with van der Waals surface area (Å²) in [5.74, 6) is 0.222. The lowest BCUT2D eigenvalue weighted by Crippen LogP contribution is -2.64. The average Bonchev–Trinajstić information content (AvgIpc) is 3.27. The van der Waals surface area contributed by atoms with Gasteiger partial charge in [0.05, 0.1) is 6.61 Å². The molecule has 0 radical (unpaired) electrons. The standard InChI is InChI=1S/C15H29N3O2/c1-4-18(11(2)9-20-3)10-15(14(16)19,12-5-6-12)17-13-7-8-13/h11-13,17H,4-10H2,1-3H3,(H2,16,19). The van der Waals surface area contributed by atoms with Crippen LogP contribution < -0.4 is 11.1 Å². The number of hydrogen-bond acceptors (Lipinski definition) is 4. The lowest BCUT2D eigenvalue weighted by Gasteiger charge is -2.39. The van der Waals surface area contributed by atoms with Gasteiger partial charge in [-0.05, 0) is 45.1 Å². The third-order valence-corrected chi connectivity index (χ3v) is 4.64. The minimum absolute atomic E-state index is 0.185. The van der Waals surface area contributed by atoms with Crippen molar-refractivity contribution in [1.82, 2.24) is 10.2 Å². The van der Waals surface area contributed by atoms with Crippen molar-refractivity contribution in [2.24, 2.45) is 11.7 Å². The predicted molar refractivity (Wildman–Crippen MR) is 79.4 cm³/mol. The molecule has 5 heteroatoms. The summed E-state index contributed by atoms with van der Waals surface area (Å²) in [6.07, 6.45) is 4.56. The molecule has 2 aliphatic rings. The van der Waals surface area contributed by atoms with Crippen LogP contribution in [0.1, 0.15) is 39.5 Å². The summed E-state index contributed by atoms with van der Waals surface area (Å²) in [7, 11) is 1.72. The van der Waals surface area contributed by atoms with Gasteiger partial charge in [0.2, 0.25) is 5.91 Å². The highest BCUT2D eigenvalue weighted by molar-refractivity contribution is 5.86. The first-order valence-electron chi connectivity index (χ1n) is 7.84. The second-order valence-electron chi connectivity index (χ2n) is 6.40. The largest absolute Gasteiger partial charge is 0.383 e. The molecule has 0 heterocycles. The van der Waals surface area contributed by atoms with Gasteiger partial charge in [-0.3, -0.25) is 15.0 Å². The molecule has 0 aliphatic heterocycles. The average molecular weight is 283 g/mol. The van der Waals surface area contributed by atoms with E-state index in [1.165, 1.54) is 12.8 Å². The van der Waals surface area contributed by atoms with Crippen LogP contribution in [0.3, 0.4) is 0 Å². The normalized spacial score (nSPS) is 23.6. The Morgan fingerprint density at radius 3 is 2.50 bits per heavy atom. The van der Waals surface area contributed by atoms with Crippen LogP contribution in [0.5, 0.6) is 0 Å². The second-order valence-corrected chi connectivity index (χ2v) is 6.40. The monoisotopic (exact) mass is 283 g/mol. The molecule has 0 saturated heterocycles. The molecule has 116 valence electrons. The third kappa shape index (κ3) is 3.51. The van der Waals surface area contributed by atoms with Gasteiger partial charge in [-0.1, -0.05) is 6.92 Å². The molecule has 1 amide bonds. The molecular formula is C15H29N3O2. The molecule has 2 saturated carbocycles. The van der Waals surface area contributed by atoms with Crippen molar-refractivity contribution in [2.45, 2.75) is 57.2 Å². The Labute approximate surface area is 122 Å². The highest BCUT2D eigenvalue weighted by atomic mass is 16.5. The minimum Gasteiger partial charge on any atom is -0.383 e. The Balaban J connectivity index is 2.10. The number of likely N-dealkylation sites (N-methyl/N-ethyl adjacent to an activating group) is 1. The fourth-order valence-corrected chi connectivity index (χ4v) is 3.06. The quantitative estimate of drug-likeness (QED) is 0.620. The molecule has 20 heavy (non-hydrogen) atoms. The number of carbonyl (C=O) groups excluding carboxylic acids is 1. The maximum Gasteiger partial charge on any atom is 0.239 e. The summed E-state index contributed by atoms with van der Waals surface area (Å²) >= 11 is 0. The second kappa shape index (κ2) is 6.41. The molecule has 0 aromatic rings. The summed E-state index contributed by atoms with van der Waals surface area (Å²) in [6, 6.07) is 0.781. The fraction of sp³-hybridized carbons (Fsp3) is 0.933. The summed E-state index contributed by atoms with van der Waals surface area (Å²) in [5.41, 5.74) is 5.26. The van der Waals surface area contributed by atoms with E-state index in [-0.39, 0.29) is 5.91 Å². The molecule has 2 rings (SSSR count). The molecule has 0 spiro atoms. The van der Waals surface area contributed by atoms with E-state index in [1.807, 2.05) is 0 Å². The molecule has 2 atom stereocenters. The number of carbonyl (C=O) groups is 1. The molecule has 3 N–H and O–H groups in total. The maximum atomic E-state index is 12.2. The summed E-state index contributed by atoms with van der Waals surface area (Å²) in [4.78, 5) is 14.5. The van der Waals surface area contributed by atoms with Crippen LogP contribution in [0.4, 0.5) is 0 Å². The van der Waals surface area contributed by atoms with Crippen LogP contribution in [-0.4, -0.2) is 55.2 Å². The SMILES string of the molecule is CCN(CC(NC1CC1)(C(N)=O)C1CC1)C(C)COC.